The van der Waals surface area contributed by atoms with Gasteiger partial charge in [0.25, 0.3) is 0 Å². The van der Waals surface area contributed by atoms with Crippen LogP contribution in [0.15, 0.2) is 345 Å². The Labute approximate surface area is 654 Å². The maximum atomic E-state index is 7.86. The number of furan rings is 4. The first-order chi connectivity index (χ1) is 57.6. The van der Waals surface area contributed by atoms with Crippen molar-refractivity contribution < 1.29 is 17.7 Å². The Morgan fingerprint density at radius 1 is 0.155 bits per heavy atom. The van der Waals surface area contributed by atoms with Crippen LogP contribution in [0.25, 0.3) is 296 Å². The van der Waals surface area contributed by atoms with Crippen molar-refractivity contribution in [2.45, 2.75) is 0 Å². The van der Waals surface area contributed by atoms with E-state index < -0.39 is 0 Å². The first kappa shape index (κ1) is 59.2. The summed E-state index contributed by atoms with van der Waals surface area (Å²) < 4.78 is 39.6. The molecule has 116 heavy (non-hydrogen) atoms. The van der Waals surface area contributed by atoms with Crippen molar-refractivity contribution in [3.8, 4) is 55.6 Å². The fourth-order valence-corrected chi connectivity index (χ4v) is 22.5. The molecule has 12 aromatic heterocycles. The topological polar surface area (TPSA) is 70.2 Å². The minimum atomic E-state index is 0.841. The molecule has 0 aliphatic rings. The summed E-state index contributed by atoms with van der Waals surface area (Å²) >= 11 is 0. The van der Waals surface area contributed by atoms with Crippen LogP contribution in [0.1, 0.15) is 0 Å². The van der Waals surface area contributed by atoms with Gasteiger partial charge in [0.05, 0.1) is 77.0 Å². The number of hydrogen-bond donors (Lipinski definition) is 0. The van der Waals surface area contributed by atoms with Crippen molar-refractivity contribution >= 4 is 240 Å². The van der Waals surface area contributed by atoms with Crippen molar-refractivity contribution in [1.82, 2.24) is 17.6 Å². The summed E-state index contributed by atoms with van der Waals surface area (Å²) in [6.07, 6.45) is 0. The Hall–Kier alpha value is -15.6. The Kier molecular flexibility index (Phi) is 10.5. The molecule has 0 aliphatic heterocycles. The van der Waals surface area contributed by atoms with Crippen LogP contribution < -0.4 is 0 Å². The fourth-order valence-electron chi connectivity index (χ4n) is 22.5. The molecule has 0 atom stereocenters. The zero-order chi connectivity index (χ0) is 74.5. The van der Waals surface area contributed by atoms with Crippen molar-refractivity contribution in [2.24, 2.45) is 0 Å². The minimum absolute atomic E-state index is 0.841. The largest absolute Gasteiger partial charge is 0.456 e. The summed E-state index contributed by atoms with van der Waals surface area (Å²) in [6, 6.07) is 121. The first-order valence-electron chi connectivity index (χ1n) is 40.0. The van der Waals surface area contributed by atoms with Crippen molar-refractivity contribution in [3.05, 3.63) is 328 Å². The minimum Gasteiger partial charge on any atom is -0.456 e. The highest BCUT2D eigenvalue weighted by molar-refractivity contribution is 6.47. The summed E-state index contributed by atoms with van der Waals surface area (Å²) in [6.45, 7) is 0. The van der Waals surface area contributed by atoms with E-state index in [1.165, 1.54) is 92.7 Å². The van der Waals surface area contributed by atoms with Crippen LogP contribution in [-0.4, -0.2) is 17.6 Å². The van der Waals surface area contributed by atoms with Crippen LogP contribution >= 0.6 is 0 Å². The molecule has 30 rings (SSSR count). The second-order valence-electron chi connectivity index (χ2n) is 32.2. The van der Waals surface area contributed by atoms with E-state index in [0.717, 1.165) is 203 Å². The van der Waals surface area contributed by atoms with E-state index in [4.69, 9.17) is 17.7 Å². The second-order valence-corrected chi connectivity index (χ2v) is 32.2. The lowest BCUT2D eigenvalue weighted by Gasteiger charge is -2.16. The Morgan fingerprint density at radius 2 is 0.517 bits per heavy atom. The highest BCUT2D eigenvalue weighted by Crippen LogP contribution is 2.61. The molecule has 0 fully saturated rings. The lowest BCUT2D eigenvalue weighted by molar-refractivity contribution is 0.669. The summed E-state index contributed by atoms with van der Waals surface area (Å²) in [7, 11) is 0. The summed E-state index contributed by atoms with van der Waals surface area (Å²) in [4.78, 5) is 0. The van der Waals surface area contributed by atoms with Gasteiger partial charge in [0.1, 0.15) is 44.7 Å². The summed E-state index contributed by atoms with van der Waals surface area (Å²) in [5, 5.41) is 27.4. The standard InChI is InChI=1S/C108H54N4O4/c1-5-26-55(27-6-1)84-90-73-51-71-62-35-16-22-45-79(62)115-107(71)92-64-36-14-20-43-76(64)110(100(73)92)102(90)85(56-28-7-2-8-29-56)91-74-52-72-63-41-25-40-60(106(63)116-108(72)93-65-37-15-21-44-77(65)111(101(74)93)103(84)91)59-48-49-78-68(50-59)70-54-83-89(67-39-18-24-47-81(67)114-83)97-95-86(57-30-9-3-10-31-57)104-94(87(58-32-11-4-12-33-58)105(95)112(78)99(70)97)96-88-66-38-17-23-46-80(66)113-82(88)53-69-61-34-13-19-42-75(61)109(104)98(69)96/h1-54H. The van der Waals surface area contributed by atoms with E-state index >= 15 is 0 Å². The van der Waals surface area contributed by atoms with E-state index in [-0.39, 0.29) is 0 Å². The Bertz CT molecular complexity index is 9710. The maximum Gasteiger partial charge on any atom is 0.145 e. The van der Waals surface area contributed by atoms with Crippen LogP contribution in [0.5, 0.6) is 0 Å². The number of aromatic nitrogens is 4. The molecule has 8 heteroatoms. The normalized spacial score (nSPS) is 13.0. The van der Waals surface area contributed by atoms with Gasteiger partial charge in [-0.3, -0.25) is 0 Å². The average molecular weight is 1470 g/mol. The molecule has 0 saturated heterocycles. The number of benzene rings is 18. The summed E-state index contributed by atoms with van der Waals surface area (Å²) in [5.74, 6) is 0. The molecule has 0 bridgehead atoms. The third kappa shape index (κ3) is 6.83. The van der Waals surface area contributed by atoms with E-state index in [0.29, 0.717) is 0 Å². The molecule has 0 spiro atoms. The second kappa shape index (κ2) is 20.5. The monoisotopic (exact) mass is 1470 g/mol. The fraction of sp³-hybridized carbons (Fsp3) is 0. The third-order valence-electron chi connectivity index (χ3n) is 26.8. The average Bonchev–Trinajstić information content (AvgIpc) is 1.49. The zero-order valence-electron chi connectivity index (χ0n) is 61.6. The Morgan fingerprint density at radius 3 is 1.02 bits per heavy atom. The summed E-state index contributed by atoms with van der Waals surface area (Å²) in [5.41, 5.74) is 32.1. The van der Waals surface area contributed by atoms with E-state index in [1.54, 1.807) is 0 Å². The quantitative estimate of drug-likeness (QED) is 0.172. The molecule has 0 N–H and O–H groups in total. The molecule has 530 valence electrons. The molecule has 0 saturated carbocycles. The predicted octanol–water partition coefficient (Wildman–Crippen LogP) is 30.2. The lowest BCUT2D eigenvalue weighted by atomic mass is 9.88. The van der Waals surface area contributed by atoms with Gasteiger partial charge in [-0.1, -0.05) is 255 Å². The molecule has 0 radical (unpaired) electrons. The molecule has 8 nitrogen and oxygen atoms in total. The molecule has 0 aliphatic carbocycles. The molecular weight excluding hydrogens is 1420 g/mol. The SMILES string of the molecule is c1ccc(-c2c3c4cc5c6cccc(-c7ccc8c(c7)c7cc9oc%10ccccc%10c9c9c%10c(-c%11ccccc%11)c%11c(c(-c%12ccccc%12)c%10n8c79)c7c8c(cc9c%10ccccc%10n%11c97)oc7ccccc78)c6oc5c5c6ccccc6n(c3c(-c3ccccc3)c3c6cc7c8ccccc8oc7c7c8ccccc8n(c23)c67)c45)cc1. The van der Waals surface area contributed by atoms with Crippen LogP contribution in [0, 0.1) is 0 Å². The van der Waals surface area contributed by atoms with Gasteiger partial charge in [-0.25, -0.2) is 0 Å². The van der Waals surface area contributed by atoms with Gasteiger partial charge in [-0.15, -0.1) is 0 Å². The first-order valence-corrected chi connectivity index (χ1v) is 40.0. The van der Waals surface area contributed by atoms with Gasteiger partial charge < -0.3 is 35.3 Å². The lowest BCUT2D eigenvalue weighted by Crippen LogP contribution is -1.93. The number of hydrogen-bond acceptors (Lipinski definition) is 4. The van der Waals surface area contributed by atoms with E-state index in [2.05, 4.69) is 345 Å². The van der Waals surface area contributed by atoms with Crippen molar-refractivity contribution in [3.63, 3.8) is 0 Å². The maximum absolute atomic E-state index is 7.86. The van der Waals surface area contributed by atoms with E-state index in [1.807, 2.05) is 0 Å². The molecular formula is C108H54N4O4. The number of para-hydroxylation sites is 7. The number of rotatable bonds is 5. The molecule has 0 amide bonds. The Balaban J connectivity index is 0.747. The van der Waals surface area contributed by atoms with Gasteiger partial charge in [0.15, 0.2) is 0 Å². The van der Waals surface area contributed by atoms with Gasteiger partial charge in [-0.2, -0.15) is 0 Å². The molecule has 0 unspecified atom stereocenters. The third-order valence-corrected chi connectivity index (χ3v) is 26.8. The van der Waals surface area contributed by atoms with Gasteiger partial charge in [-0.05, 0) is 101 Å². The van der Waals surface area contributed by atoms with Crippen molar-refractivity contribution in [1.29, 1.82) is 0 Å². The molecule has 12 heterocycles. The molecule has 30 aromatic rings. The van der Waals surface area contributed by atoms with Crippen molar-refractivity contribution in [2.75, 3.05) is 0 Å². The number of nitrogens with zero attached hydrogens (tertiary/aromatic N) is 4. The number of fused-ring (bicyclic) bond motifs is 40. The highest BCUT2D eigenvalue weighted by Gasteiger charge is 2.37. The van der Waals surface area contributed by atoms with Crippen LogP contribution in [0.2, 0.25) is 0 Å². The highest BCUT2D eigenvalue weighted by atomic mass is 16.3. The zero-order valence-corrected chi connectivity index (χ0v) is 61.6. The predicted molar refractivity (Wildman–Crippen MR) is 481 cm³/mol. The van der Waals surface area contributed by atoms with Crippen LogP contribution in [-0.2, 0) is 0 Å². The van der Waals surface area contributed by atoms with E-state index in [9.17, 15) is 0 Å². The smallest absolute Gasteiger partial charge is 0.145 e. The molecule has 18 aromatic carbocycles. The van der Waals surface area contributed by atoms with Crippen LogP contribution in [0.4, 0.5) is 0 Å². The van der Waals surface area contributed by atoms with Gasteiger partial charge in [0, 0.05) is 146 Å². The van der Waals surface area contributed by atoms with Gasteiger partial charge >= 0.3 is 0 Å². The van der Waals surface area contributed by atoms with Crippen LogP contribution in [0.3, 0.4) is 0 Å². The van der Waals surface area contributed by atoms with Gasteiger partial charge in [0.2, 0.25) is 0 Å².